The van der Waals surface area contributed by atoms with Crippen LogP contribution in [0, 0.1) is 16.0 Å². The predicted octanol–water partition coefficient (Wildman–Crippen LogP) is 4.68. The molecule has 25 heavy (non-hydrogen) atoms. The molecule has 1 saturated carbocycles. The first-order valence-electron chi connectivity index (χ1n) is 8.79. The number of nitrogens with one attached hydrogen (secondary N) is 1. The Morgan fingerprint density at radius 3 is 2.52 bits per heavy atom. The molecule has 0 amide bonds. The van der Waals surface area contributed by atoms with E-state index in [-0.39, 0.29) is 10.6 Å². The third-order valence-corrected chi connectivity index (χ3v) is 4.73. The zero-order valence-corrected chi connectivity index (χ0v) is 14.2. The molecule has 1 N–H and O–H groups in total. The van der Waals surface area contributed by atoms with E-state index in [0.29, 0.717) is 12.0 Å². The second kappa shape index (κ2) is 8.42. The average Bonchev–Trinajstić information content (AvgIpc) is 2.66. The highest BCUT2D eigenvalue weighted by Crippen LogP contribution is 2.27. The Kier molecular flexibility index (Phi) is 5.77. The Morgan fingerprint density at radius 1 is 1.08 bits per heavy atom. The number of aliphatic imine (C=N–C) groups is 1. The van der Waals surface area contributed by atoms with Crippen LogP contribution in [0.4, 0.5) is 11.4 Å². The van der Waals surface area contributed by atoms with Gasteiger partial charge in [0, 0.05) is 30.6 Å². The van der Waals surface area contributed by atoms with E-state index >= 15 is 0 Å². The molecule has 1 aliphatic rings. The maximum Gasteiger partial charge on any atom is 0.269 e. The number of nitrogens with zero attached hydrogens (tertiary/aromatic N) is 2. The van der Waals surface area contributed by atoms with Gasteiger partial charge in [0.2, 0.25) is 0 Å². The van der Waals surface area contributed by atoms with Crippen molar-refractivity contribution in [1.29, 1.82) is 0 Å². The van der Waals surface area contributed by atoms with Crippen LogP contribution < -0.4 is 5.32 Å². The van der Waals surface area contributed by atoms with Crippen molar-refractivity contribution in [2.75, 3.05) is 11.9 Å². The van der Waals surface area contributed by atoms with Crippen molar-refractivity contribution in [3.8, 4) is 0 Å². The number of non-ortho nitro benzene ring substituents is 1. The fraction of sp³-hybridized carbons (Fsp3) is 0.350. The van der Waals surface area contributed by atoms with Crippen LogP contribution in [0.15, 0.2) is 59.6 Å². The number of hydrogen-bond acceptors (Lipinski definition) is 4. The van der Waals surface area contributed by atoms with E-state index in [1.54, 1.807) is 12.1 Å². The van der Waals surface area contributed by atoms with Gasteiger partial charge in [0.1, 0.15) is 0 Å². The van der Waals surface area contributed by atoms with Gasteiger partial charge in [-0.05, 0) is 48.6 Å². The first kappa shape index (κ1) is 17.1. The molecule has 0 aromatic heterocycles. The SMILES string of the molecule is O=[N+]([O-])c1ccc(C=N[C@@H]2CCCC[C@H]2CNc2ccccc2)cc1. The van der Waals surface area contributed by atoms with Crippen LogP contribution in [0.2, 0.25) is 0 Å². The van der Waals surface area contributed by atoms with Crippen molar-refractivity contribution in [3.63, 3.8) is 0 Å². The first-order valence-corrected chi connectivity index (χ1v) is 8.79. The summed E-state index contributed by atoms with van der Waals surface area (Å²) in [5.41, 5.74) is 2.16. The molecule has 0 radical (unpaired) electrons. The molecule has 5 heteroatoms. The van der Waals surface area contributed by atoms with Crippen LogP contribution in [-0.2, 0) is 0 Å². The van der Waals surface area contributed by atoms with E-state index in [1.807, 2.05) is 24.4 Å². The second-order valence-corrected chi connectivity index (χ2v) is 6.49. The normalized spacial score (nSPS) is 20.5. The van der Waals surface area contributed by atoms with Crippen LogP contribution in [0.1, 0.15) is 31.2 Å². The molecular formula is C20H23N3O2. The lowest BCUT2D eigenvalue weighted by Crippen LogP contribution is -2.29. The monoisotopic (exact) mass is 337 g/mol. The molecule has 0 unspecified atom stereocenters. The molecule has 0 aliphatic heterocycles. The number of nitro benzene ring substituents is 1. The second-order valence-electron chi connectivity index (χ2n) is 6.49. The minimum Gasteiger partial charge on any atom is -0.385 e. The van der Waals surface area contributed by atoms with E-state index in [9.17, 15) is 10.1 Å². The number of benzene rings is 2. The third kappa shape index (κ3) is 4.89. The Morgan fingerprint density at radius 2 is 1.80 bits per heavy atom. The summed E-state index contributed by atoms with van der Waals surface area (Å²) in [7, 11) is 0. The van der Waals surface area contributed by atoms with Crippen LogP contribution in [-0.4, -0.2) is 23.7 Å². The van der Waals surface area contributed by atoms with E-state index < -0.39 is 0 Å². The molecule has 1 fully saturated rings. The average molecular weight is 337 g/mol. The van der Waals surface area contributed by atoms with Gasteiger partial charge in [0.15, 0.2) is 0 Å². The lowest BCUT2D eigenvalue weighted by molar-refractivity contribution is -0.384. The molecule has 2 aromatic rings. The maximum absolute atomic E-state index is 10.7. The fourth-order valence-corrected chi connectivity index (χ4v) is 3.29. The molecule has 2 aromatic carbocycles. The minimum atomic E-state index is -0.382. The number of nitro groups is 1. The van der Waals surface area contributed by atoms with Gasteiger partial charge < -0.3 is 5.32 Å². The molecule has 3 rings (SSSR count). The highest BCUT2D eigenvalue weighted by atomic mass is 16.6. The van der Waals surface area contributed by atoms with Crippen LogP contribution in [0.3, 0.4) is 0 Å². The van der Waals surface area contributed by atoms with Crippen LogP contribution >= 0.6 is 0 Å². The van der Waals surface area contributed by atoms with Crippen LogP contribution in [0.25, 0.3) is 0 Å². The van der Waals surface area contributed by atoms with Gasteiger partial charge in [-0.1, -0.05) is 31.0 Å². The molecular weight excluding hydrogens is 314 g/mol. The topological polar surface area (TPSA) is 67.5 Å². The van der Waals surface area contributed by atoms with Gasteiger partial charge in [-0.25, -0.2) is 0 Å². The third-order valence-electron chi connectivity index (χ3n) is 4.73. The smallest absolute Gasteiger partial charge is 0.269 e. The van der Waals surface area contributed by atoms with Crippen LogP contribution in [0.5, 0.6) is 0 Å². The molecule has 0 bridgehead atoms. The zero-order valence-electron chi connectivity index (χ0n) is 14.2. The van der Waals surface area contributed by atoms with Gasteiger partial charge in [-0.3, -0.25) is 15.1 Å². The lowest BCUT2D eigenvalue weighted by atomic mass is 9.84. The summed E-state index contributed by atoms with van der Waals surface area (Å²) in [4.78, 5) is 15.1. The highest BCUT2D eigenvalue weighted by Gasteiger charge is 2.23. The standard InChI is InChI=1S/C20H23N3O2/c24-23(25)19-12-10-16(11-13-19)14-22-20-9-5-4-6-17(20)15-21-18-7-2-1-3-8-18/h1-3,7-8,10-14,17,20-21H,4-6,9,15H2/t17-,20+/m0/s1. The Hall–Kier alpha value is -2.69. The molecule has 1 aliphatic carbocycles. The van der Waals surface area contributed by atoms with E-state index in [4.69, 9.17) is 4.99 Å². The van der Waals surface area contributed by atoms with E-state index in [0.717, 1.165) is 24.2 Å². The predicted molar refractivity (Wildman–Crippen MR) is 101 cm³/mol. The summed E-state index contributed by atoms with van der Waals surface area (Å²) in [6.07, 6.45) is 6.61. The van der Waals surface area contributed by atoms with Gasteiger partial charge in [0.05, 0.1) is 11.0 Å². The fourth-order valence-electron chi connectivity index (χ4n) is 3.29. The summed E-state index contributed by atoms with van der Waals surface area (Å²) >= 11 is 0. The van der Waals surface area contributed by atoms with Crippen molar-refractivity contribution < 1.29 is 4.92 Å². The lowest BCUT2D eigenvalue weighted by Gasteiger charge is -2.29. The zero-order chi connectivity index (χ0) is 17.5. The van der Waals surface area contributed by atoms with Crippen molar-refractivity contribution >= 4 is 17.6 Å². The number of hydrogen-bond donors (Lipinski definition) is 1. The van der Waals surface area contributed by atoms with Gasteiger partial charge in [-0.15, -0.1) is 0 Å². The van der Waals surface area contributed by atoms with Crippen molar-refractivity contribution in [1.82, 2.24) is 0 Å². The highest BCUT2D eigenvalue weighted by molar-refractivity contribution is 5.80. The van der Waals surface area contributed by atoms with Crippen molar-refractivity contribution in [3.05, 3.63) is 70.3 Å². The maximum atomic E-state index is 10.7. The Balaban J connectivity index is 1.61. The van der Waals surface area contributed by atoms with Gasteiger partial charge in [0.25, 0.3) is 5.69 Å². The molecule has 130 valence electrons. The molecule has 0 spiro atoms. The first-order chi connectivity index (χ1) is 12.2. The molecule has 2 atom stereocenters. The van der Waals surface area contributed by atoms with E-state index in [1.165, 1.54) is 31.4 Å². The minimum absolute atomic E-state index is 0.111. The number of para-hydroxylation sites is 1. The van der Waals surface area contributed by atoms with Gasteiger partial charge >= 0.3 is 0 Å². The molecule has 0 saturated heterocycles. The summed E-state index contributed by atoms with van der Waals surface area (Å²) in [5, 5.41) is 14.2. The quantitative estimate of drug-likeness (QED) is 0.472. The summed E-state index contributed by atoms with van der Waals surface area (Å²) < 4.78 is 0. The summed E-state index contributed by atoms with van der Waals surface area (Å²) in [5.74, 6) is 0.517. The summed E-state index contributed by atoms with van der Waals surface area (Å²) in [6, 6.07) is 17.1. The number of rotatable bonds is 6. The van der Waals surface area contributed by atoms with Gasteiger partial charge in [-0.2, -0.15) is 0 Å². The molecule has 0 heterocycles. The van der Waals surface area contributed by atoms with Crippen molar-refractivity contribution in [2.24, 2.45) is 10.9 Å². The molecule has 5 nitrogen and oxygen atoms in total. The largest absolute Gasteiger partial charge is 0.385 e. The Labute approximate surface area is 148 Å². The van der Waals surface area contributed by atoms with E-state index in [2.05, 4.69) is 17.4 Å². The summed E-state index contributed by atoms with van der Waals surface area (Å²) in [6.45, 7) is 0.923. The Bertz CT molecular complexity index is 713. The van der Waals surface area contributed by atoms with Crippen molar-refractivity contribution in [2.45, 2.75) is 31.7 Å². The number of anilines is 1.